The fraction of sp³-hybridized carbons (Fsp3) is 0.588. The Labute approximate surface area is 140 Å². The molecule has 1 saturated carbocycles. The van der Waals surface area contributed by atoms with Gasteiger partial charge in [0, 0.05) is 10.9 Å². The smallest absolute Gasteiger partial charge is 0.405 e. The van der Waals surface area contributed by atoms with Gasteiger partial charge in [0.25, 0.3) is 0 Å². The van der Waals surface area contributed by atoms with Crippen LogP contribution in [0.5, 0.6) is 5.75 Å². The highest BCUT2D eigenvalue weighted by atomic mass is 79.9. The second-order valence-corrected chi connectivity index (χ2v) is 7.74. The fourth-order valence-corrected chi connectivity index (χ4v) is 3.15. The molecule has 0 heterocycles. The van der Waals surface area contributed by atoms with Crippen molar-refractivity contribution in [3.8, 4) is 5.75 Å². The molecular formula is C17H24BrNO3. The lowest BCUT2D eigenvalue weighted by molar-refractivity contribution is -0.0481. The Morgan fingerprint density at radius 3 is 2.32 bits per heavy atom. The predicted octanol–water partition coefficient (Wildman–Crippen LogP) is 4.65. The molecule has 0 saturated heterocycles. The fourth-order valence-electron chi connectivity index (χ4n) is 2.88. The highest BCUT2D eigenvalue weighted by molar-refractivity contribution is 9.10. The lowest BCUT2D eigenvalue weighted by Crippen LogP contribution is -2.43. The number of hydrogen-bond acceptors (Lipinski definition) is 3. The Balaban J connectivity index is 1.93. The quantitative estimate of drug-likeness (QED) is 0.821. The number of amides is 1. The van der Waals surface area contributed by atoms with Crippen LogP contribution < -0.4 is 10.5 Å². The van der Waals surface area contributed by atoms with Crippen molar-refractivity contribution in [2.45, 2.75) is 51.6 Å². The largest absolute Gasteiger partial charge is 0.493 e. The molecule has 122 valence electrons. The molecule has 1 amide bonds. The van der Waals surface area contributed by atoms with Gasteiger partial charge < -0.3 is 15.2 Å². The number of benzene rings is 1. The van der Waals surface area contributed by atoms with Crippen LogP contribution in [0.2, 0.25) is 0 Å². The predicted molar refractivity (Wildman–Crippen MR) is 89.9 cm³/mol. The van der Waals surface area contributed by atoms with Crippen LogP contribution in [0.4, 0.5) is 4.79 Å². The third-order valence-corrected chi connectivity index (χ3v) is 5.00. The van der Waals surface area contributed by atoms with Gasteiger partial charge >= 0.3 is 6.09 Å². The van der Waals surface area contributed by atoms with Crippen LogP contribution in [0.15, 0.2) is 28.7 Å². The minimum Gasteiger partial charge on any atom is -0.493 e. The number of nitrogens with two attached hydrogens (primary N) is 1. The van der Waals surface area contributed by atoms with E-state index in [1.807, 2.05) is 24.3 Å². The second-order valence-electron chi connectivity index (χ2n) is 6.82. The topological polar surface area (TPSA) is 61.6 Å². The number of halogens is 1. The van der Waals surface area contributed by atoms with Crippen molar-refractivity contribution in [2.75, 3.05) is 6.61 Å². The van der Waals surface area contributed by atoms with Gasteiger partial charge in [0.15, 0.2) is 0 Å². The summed E-state index contributed by atoms with van der Waals surface area (Å²) in [5.74, 6) is 0.813. The molecule has 2 rings (SSSR count). The summed E-state index contributed by atoms with van der Waals surface area (Å²) in [6.07, 6.45) is 3.71. The normalized spacial score (nSPS) is 19.4. The van der Waals surface area contributed by atoms with E-state index in [0.717, 1.165) is 35.9 Å². The van der Waals surface area contributed by atoms with E-state index in [4.69, 9.17) is 15.2 Å². The molecule has 0 unspecified atom stereocenters. The molecule has 0 aliphatic heterocycles. The van der Waals surface area contributed by atoms with Crippen molar-refractivity contribution in [2.24, 2.45) is 11.1 Å². The van der Waals surface area contributed by atoms with Crippen molar-refractivity contribution in [3.05, 3.63) is 28.7 Å². The molecule has 1 aromatic rings. The summed E-state index contributed by atoms with van der Waals surface area (Å²) >= 11 is 3.40. The maximum absolute atomic E-state index is 11.3. The van der Waals surface area contributed by atoms with E-state index in [-0.39, 0.29) is 0 Å². The minimum absolute atomic E-state index is 0.303. The zero-order valence-corrected chi connectivity index (χ0v) is 14.8. The summed E-state index contributed by atoms with van der Waals surface area (Å²) in [6.45, 7) is 5.01. The Hall–Kier alpha value is -1.23. The zero-order valence-electron chi connectivity index (χ0n) is 13.2. The van der Waals surface area contributed by atoms with Crippen LogP contribution in [0.1, 0.15) is 46.0 Å². The van der Waals surface area contributed by atoms with E-state index in [2.05, 4.69) is 29.8 Å². The van der Waals surface area contributed by atoms with Crippen molar-refractivity contribution in [1.82, 2.24) is 0 Å². The maximum Gasteiger partial charge on any atom is 0.405 e. The monoisotopic (exact) mass is 369 g/mol. The van der Waals surface area contributed by atoms with Gasteiger partial charge in [0.1, 0.15) is 11.4 Å². The van der Waals surface area contributed by atoms with E-state index >= 15 is 0 Å². The summed E-state index contributed by atoms with van der Waals surface area (Å²) in [5.41, 5.74) is 5.10. The number of carbonyl (C=O) groups is 1. The summed E-state index contributed by atoms with van der Waals surface area (Å²) in [7, 11) is 0. The first-order chi connectivity index (χ1) is 10.3. The van der Waals surface area contributed by atoms with Gasteiger partial charge in [-0.1, -0.05) is 29.8 Å². The van der Waals surface area contributed by atoms with Crippen LogP contribution in [-0.4, -0.2) is 18.3 Å². The second kappa shape index (κ2) is 6.90. The van der Waals surface area contributed by atoms with Crippen LogP contribution in [0.3, 0.4) is 0 Å². The number of rotatable bonds is 5. The zero-order chi connectivity index (χ0) is 16.2. The number of ether oxygens (including phenoxy) is 2. The van der Waals surface area contributed by atoms with Crippen molar-refractivity contribution in [1.29, 1.82) is 0 Å². The van der Waals surface area contributed by atoms with Gasteiger partial charge in [-0.25, -0.2) is 4.79 Å². The van der Waals surface area contributed by atoms with Gasteiger partial charge in [-0.15, -0.1) is 0 Å². The number of carbonyl (C=O) groups excluding carboxylic acids is 1. The standard InChI is InChI=1S/C17H24BrNO3/c1-16(2)7-9-17(10-8-16,22-15(19)20)11-12-21-14-5-3-13(18)4-6-14/h3-6H,7-12H2,1-2H3,(H2,19,20). The first kappa shape index (κ1) is 17.1. The Kier molecular flexibility index (Phi) is 5.37. The molecule has 0 spiro atoms. The van der Waals surface area contributed by atoms with Gasteiger partial charge in [-0.2, -0.15) is 0 Å². The molecule has 2 N–H and O–H groups in total. The van der Waals surface area contributed by atoms with Gasteiger partial charge in [-0.05, 0) is 55.4 Å². The van der Waals surface area contributed by atoms with Crippen molar-refractivity contribution >= 4 is 22.0 Å². The van der Waals surface area contributed by atoms with E-state index in [1.54, 1.807) is 0 Å². The first-order valence-corrected chi connectivity index (χ1v) is 8.46. The van der Waals surface area contributed by atoms with E-state index in [9.17, 15) is 4.79 Å². The van der Waals surface area contributed by atoms with Gasteiger partial charge in [0.2, 0.25) is 0 Å². The van der Waals surface area contributed by atoms with E-state index in [1.165, 1.54) is 0 Å². The number of primary amides is 1. The number of hydrogen-bond donors (Lipinski definition) is 1. The van der Waals surface area contributed by atoms with Crippen molar-refractivity contribution in [3.63, 3.8) is 0 Å². The Bertz CT molecular complexity index is 503. The van der Waals surface area contributed by atoms with Crippen LogP contribution in [0.25, 0.3) is 0 Å². The lowest BCUT2D eigenvalue weighted by atomic mass is 9.70. The SMILES string of the molecule is CC1(C)CCC(CCOc2ccc(Br)cc2)(OC(N)=O)CC1. The summed E-state index contributed by atoms with van der Waals surface area (Å²) in [6, 6.07) is 7.70. The summed E-state index contributed by atoms with van der Waals surface area (Å²) in [4.78, 5) is 11.3. The Morgan fingerprint density at radius 1 is 1.18 bits per heavy atom. The summed E-state index contributed by atoms with van der Waals surface area (Å²) in [5, 5.41) is 0. The average Bonchev–Trinajstić information content (AvgIpc) is 2.44. The molecule has 4 nitrogen and oxygen atoms in total. The maximum atomic E-state index is 11.3. The molecule has 0 atom stereocenters. The Morgan fingerprint density at radius 2 is 1.77 bits per heavy atom. The molecular weight excluding hydrogens is 346 g/mol. The molecule has 0 bridgehead atoms. The molecule has 5 heteroatoms. The van der Waals surface area contributed by atoms with Crippen LogP contribution in [-0.2, 0) is 4.74 Å². The molecule has 0 aromatic heterocycles. The van der Waals surface area contributed by atoms with Crippen LogP contribution in [0, 0.1) is 5.41 Å². The lowest BCUT2D eigenvalue weighted by Gasteiger charge is -2.42. The molecule has 0 radical (unpaired) electrons. The first-order valence-electron chi connectivity index (χ1n) is 7.67. The minimum atomic E-state index is -0.691. The van der Waals surface area contributed by atoms with Gasteiger partial charge in [0.05, 0.1) is 6.61 Å². The average molecular weight is 370 g/mol. The molecule has 1 aliphatic rings. The van der Waals surface area contributed by atoms with Crippen molar-refractivity contribution < 1.29 is 14.3 Å². The van der Waals surface area contributed by atoms with Gasteiger partial charge in [-0.3, -0.25) is 0 Å². The third-order valence-electron chi connectivity index (χ3n) is 4.47. The molecule has 1 aromatic carbocycles. The van der Waals surface area contributed by atoms with E-state index in [0.29, 0.717) is 18.4 Å². The molecule has 22 heavy (non-hydrogen) atoms. The summed E-state index contributed by atoms with van der Waals surface area (Å²) < 4.78 is 12.3. The van der Waals surface area contributed by atoms with Crippen LogP contribution >= 0.6 is 15.9 Å². The highest BCUT2D eigenvalue weighted by Gasteiger charge is 2.40. The highest BCUT2D eigenvalue weighted by Crippen LogP contribution is 2.43. The molecule has 1 fully saturated rings. The van der Waals surface area contributed by atoms with E-state index < -0.39 is 11.7 Å². The molecule has 1 aliphatic carbocycles. The third kappa shape index (κ3) is 4.90.